The summed E-state index contributed by atoms with van der Waals surface area (Å²) in [6.45, 7) is 0.865. The number of fused-ring (bicyclic) bond motifs is 1. The van der Waals surface area contributed by atoms with Crippen molar-refractivity contribution in [1.29, 1.82) is 0 Å². The molecular formula is C9H9NS. The van der Waals surface area contributed by atoms with Gasteiger partial charge in [-0.2, -0.15) is 0 Å². The lowest BCUT2D eigenvalue weighted by molar-refractivity contribution is 1.11. The Morgan fingerprint density at radius 2 is 2.36 bits per heavy atom. The summed E-state index contributed by atoms with van der Waals surface area (Å²) >= 11 is 1.77. The van der Waals surface area contributed by atoms with Gasteiger partial charge in [-0.05, 0) is 29.5 Å². The molecule has 0 spiro atoms. The molecule has 11 heavy (non-hydrogen) atoms. The van der Waals surface area contributed by atoms with Crippen LogP contribution in [-0.4, -0.2) is 12.5 Å². The standard InChI is InChI=1S/C9H9NS/c1-11-9-3-2-7-5-10-6-8(7)4-9/h2-4,6H,5H2,1H3. The van der Waals surface area contributed by atoms with E-state index < -0.39 is 0 Å². The summed E-state index contributed by atoms with van der Waals surface area (Å²) in [6, 6.07) is 6.50. The fourth-order valence-corrected chi connectivity index (χ4v) is 1.66. The molecule has 1 aliphatic heterocycles. The second kappa shape index (κ2) is 2.70. The van der Waals surface area contributed by atoms with Crippen molar-refractivity contribution in [2.24, 2.45) is 4.99 Å². The molecule has 1 nitrogen and oxygen atoms in total. The lowest BCUT2D eigenvalue weighted by atomic mass is 10.1. The van der Waals surface area contributed by atoms with Crippen LogP contribution < -0.4 is 0 Å². The maximum absolute atomic E-state index is 4.19. The number of benzene rings is 1. The van der Waals surface area contributed by atoms with Crippen molar-refractivity contribution in [3.63, 3.8) is 0 Å². The van der Waals surface area contributed by atoms with Crippen LogP contribution in [-0.2, 0) is 6.54 Å². The maximum atomic E-state index is 4.19. The van der Waals surface area contributed by atoms with Crippen LogP contribution in [0.4, 0.5) is 0 Å². The minimum absolute atomic E-state index is 0.865. The van der Waals surface area contributed by atoms with Gasteiger partial charge in [0, 0.05) is 11.1 Å². The average molecular weight is 163 g/mol. The summed E-state index contributed by atoms with van der Waals surface area (Å²) in [5.41, 5.74) is 2.64. The van der Waals surface area contributed by atoms with Crippen molar-refractivity contribution in [3.8, 4) is 0 Å². The molecule has 1 heterocycles. The molecule has 0 radical (unpaired) electrons. The largest absolute Gasteiger partial charge is 0.288 e. The van der Waals surface area contributed by atoms with Gasteiger partial charge in [0.2, 0.25) is 0 Å². The molecule has 56 valence electrons. The van der Waals surface area contributed by atoms with Gasteiger partial charge in [0.1, 0.15) is 0 Å². The van der Waals surface area contributed by atoms with Gasteiger partial charge in [-0.15, -0.1) is 11.8 Å². The summed E-state index contributed by atoms with van der Waals surface area (Å²) in [6.07, 6.45) is 4.04. The Kier molecular flexibility index (Phi) is 1.70. The molecule has 1 aromatic carbocycles. The third-order valence-corrected chi connectivity index (χ3v) is 2.57. The van der Waals surface area contributed by atoms with Crippen molar-refractivity contribution >= 4 is 18.0 Å². The van der Waals surface area contributed by atoms with Crippen LogP contribution in [0.3, 0.4) is 0 Å². The van der Waals surface area contributed by atoms with E-state index in [1.807, 2.05) is 6.21 Å². The molecule has 2 heteroatoms. The molecular weight excluding hydrogens is 154 g/mol. The van der Waals surface area contributed by atoms with Crippen LogP contribution >= 0.6 is 11.8 Å². The molecule has 0 amide bonds. The normalized spacial score (nSPS) is 13.5. The smallest absolute Gasteiger partial charge is 0.0646 e. The Hall–Kier alpha value is -0.760. The number of thioether (sulfide) groups is 1. The van der Waals surface area contributed by atoms with Gasteiger partial charge in [0.05, 0.1) is 6.54 Å². The Morgan fingerprint density at radius 1 is 1.45 bits per heavy atom. The SMILES string of the molecule is CSc1ccc2c(c1)C=NC2. The first-order valence-electron chi connectivity index (χ1n) is 3.57. The zero-order chi connectivity index (χ0) is 7.68. The highest BCUT2D eigenvalue weighted by atomic mass is 32.2. The lowest BCUT2D eigenvalue weighted by Gasteiger charge is -1.98. The van der Waals surface area contributed by atoms with Crippen LogP contribution in [0.2, 0.25) is 0 Å². The van der Waals surface area contributed by atoms with Gasteiger partial charge in [-0.1, -0.05) is 6.07 Å². The summed E-state index contributed by atoms with van der Waals surface area (Å²) in [5, 5.41) is 0. The van der Waals surface area contributed by atoms with E-state index in [0.717, 1.165) is 6.54 Å². The second-order valence-corrected chi connectivity index (χ2v) is 3.41. The molecule has 0 unspecified atom stereocenters. The fraction of sp³-hybridized carbons (Fsp3) is 0.222. The second-order valence-electron chi connectivity index (χ2n) is 2.53. The first kappa shape index (κ1) is 6.92. The highest BCUT2D eigenvalue weighted by molar-refractivity contribution is 7.98. The predicted octanol–water partition coefficient (Wildman–Crippen LogP) is 2.34. The van der Waals surface area contributed by atoms with E-state index >= 15 is 0 Å². The molecule has 0 aliphatic carbocycles. The number of nitrogens with zero attached hydrogens (tertiary/aromatic N) is 1. The number of rotatable bonds is 1. The van der Waals surface area contributed by atoms with Gasteiger partial charge in [-0.3, -0.25) is 4.99 Å². The molecule has 0 fully saturated rings. The van der Waals surface area contributed by atoms with Gasteiger partial charge in [-0.25, -0.2) is 0 Å². The Labute approximate surface area is 70.5 Å². The summed E-state index contributed by atoms with van der Waals surface area (Å²) in [5.74, 6) is 0. The molecule has 0 atom stereocenters. The van der Waals surface area contributed by atoms with E-state index in [-0.39, 0.29) is 0 Å². The van der Waals surface area contributed by atoms with Gasteiger partial charge < -0.3 is 0 Å². The number of aliphatic imine (C=N–C) groups is 1. The van der Waals surface area contributed by atoms with Crippen LogP contribution in [0.25, 0.3) is 0 Å². The molecule has 0 N–H and O–H groups in total. The fourth-order valence-electron chi connectivity index (χ4n) is 1.21. The third kappa shape index (κ3) is 1.18. The molecule has 2 rings (SSSR count). The van der Waals surface area contributed by atoms with E-state index in [1.165, 1.54) is 16.0 Å². The minimum atomic E-state index is 0.865. The number of hydrogen-bond donors (Lipinski definition) is 0. The molecule has 1 aliphatic rings. The molecule has 0 aromatic heterocycles. The van der Waals surface area contributed by atoms with E-state index in [4.69, 9.17) is 0 Å². The molecule has 1 aromatic rings. The zero-order valence-corrected chi connectivity index (χ0v) is 7.19. The maximum Gasteiger partial charge on any atom is 0.0646 e. The molecule has 0 saturated heterocycles. The van der Waals surface area contributed by atoms with Crippen molar-refractivity contribution in [2.45, 2.75) is 11.4 Å². The van der Waals surface area contributed by atoms with E-state index in [1.54, 1.807) is 11.8 Å². The first-order valence-corrected chi connectivity index (χ1v) is 4.79. The van der Waals surface area contributed by atoms with Crippen LogP contribution in [0.1, 0.15) is 11.1 Å². The summed E-state index contributed by atoms with van der Waals surface area (Å²) in [4.78, 5) is 5.51. The van der Waals surface area contributed by atoms with E-state index in [0.29, 0.717) is 0 Å². The van der Waals surface area contributed by atoms with Crippen LogP contribution in [0.5, 0.6) is 0 Å². The van der Waals surface area contributed by atoms with Crippen LogP contribution in [0.15, 0.2) is 28.1 Å². The van der Waals surface area contributed by atoms with Crippen molar-refractivity contribution in [1.82, 2.24) is 0 Å². The van der Waals surface area contributed by atoms with Gasteiger partial charge >= 0.3 is 0 Å². The predicted molar refractivity (Wildman–Crippen MR) is 49.5 cm³/mol. The highest BCUT2D eigenvalue weighted by Gasteiger charge is 2.05. The van der Waals surface area contributed by atoms with Crippen molar-refractivity contribution in [3.05, 3.63) is 29.3 Å². The third-order valence-electron chi connectivity index (χ3n) is 1.85. The zero-order valence-electron chi connectivity index (χ0n) is 6.37. The summed E-state index contributed by atoms with van der Waals surface area (Å²) < 4.78 is 0. The monoisotopic (exact) mass is 163 g/mol. The molecule has 0 bridgehead atoms. The van der Waals surface area contributed by atoms with E-state index in [9.17, 15) is 0 Å². The molecule has 0 saturated carbocycles. The Morgan fingerprint density at radius 3 is 3.18 bits per heavy atom. The topological polar surface area (TPSA) is 12.4 Å². The van der Waals surface area contributed by atoms with Crippen molar-refractivity contribution < 1.29 is 0 Å². The Bertz CT molecular complexity index is 304. The van der Waals surface area contributed by atoms with Gasteiger partial charge in [0.25, 0.3) is 0 Å². The van der Waals surface area contributed by atoms with Gasteiger partial charge in [0.15, 0.2) is 0 Å². The Balaban J connectivity index is 2.47. The average Bonchev–Trinajstić information content (AvgIpc) is 2.50. The number of hydrogen-bond acceptors (Lipinski definition) is 2. The highest BCUT2D eigenvalue weighted by Crippen LogP contribution is 2.21. The minimum Gasteiger partial charge on any atom is -0.288 e. The van der Waals surface area contributed by atoms with Crippen LogP contribution in [0, 0.1) is 0 Å². The quantitative estimate of drug-likeness (QED) is 0.579. The summed E-state index contributed by atoms with van der Waals surface area (Å²) in [7, 11) is 0. The van der Waals surface area contributed by atoms with E-state index in [2.05, 4.69) is 29.4 Å². The first-order chi connectivity index (χ1) is 5.40. The van der Waals surface area contributed by atoms with Crippen molar-refractivity contribution in [2.75, 3.05) is 6.26 Å². The lowest BCUT2D eigenvalue weighted by Crippen LogP contribution is -1.83.